The lowest BCUT2D eigenvalue weighted by molar-refractivity contribution is 0.0595. The van der Waals surface area contributed by atoms with Gasteiger partial charge in [0.15, 0.2) is 0 Å². The van der Waals surface area contributed by atoms with Crippen LogP contribution in [0.2, 0.25) is 0 Å². The van der Waals surface area contributed by atoms with Gasteiger partial charge in [0.2, 0.25) is 0 Å². The molecule has 160 valence electrons. The molecule has 0 N–H and O–H groups in total. The fourth-order valence-corrected chi connectivity index (χ4v) is 3.05. The van der Waals surface area contributed by atoms with Crippen molar-refractivity contribution in [2.45, 2.75) is 46.7 Å². The summed E-state index contributed by atoms with van der Waals surface area (Å²) in [7, 11) is 1.16. The van der Waals surface area contributed by atoms with Gasteiger partial charge in [-0.3, -0.25) is 13.9 Å². The Hall–Kier alpha value is -3.29. The van der Waals surface area contributed by atoms with E-state index in [0.717, 1.165) is 13.2 Å². The van der Waals surface area contributed by atoms with Gasteiger partial charge in [0.25, 0.3) is 5.56 Å². The highest BCUT2D eigenvalue weighted by Crippen LogP contribution is 2.15. The zero-order chi connectivity index (χ0) is 22.6. The van der Waals surface area contributed by atoms with Crippen molar-refractivity contribution in [2.75, 3.05) is 7.11 Å². The molecular formula is C22H26FN3O4. The van der Waals surface area contributed by atoms with E-state index in [2.05, 4.69) is 9.72 Å². The monoisotopic (exact) mass is 415 g/mol. The van der Waals surface area contributed by atoms with Crippen molar-refractivity contribution >= 4 is 17.0 Å². The highest BCUT2D eigenvalue weighted by molar-refractivity contribution is 5.89. The molecule has 0 unspecified atom stereocenters. The normalized spacial score (nSPS) is 11.0. The van der Waals surface area contributed by atoms with Gasteiger partial charge in [-0.2, -0.15) is 0 Å². The van der Waals surface area contributed by atoms with Crippen LogP contribution in [0.4, 0.5) is 4.39 Å². The Morgan fingerprint density at radius 3 is 2.43 bits per heavy atom. The third kappa shape index (κ3) is 4.32. The Kier molecular flexibility index (Phi) is 6.92. The Bertz CT molecular complexity index is 1190. The fraction of sp³-hybridized carbons (Fsp3) is 0.364. The Balaban J connectivity index is 0.00000155. The first-order valence-corrected chi connectivity index (χ1v) is 9.63. The number of rotatable bonds is 3. The standard InChI is InChI=1S/C20H20FN3O4.C2H6/c1-20(2,3)24-17(25)13-6-5-9-22-16(13)23(19(24)27)11-12-7-8-15(21)14(10-12)18(26)28-4;1-2/h5-10H,11H2,1-4H3;1-2H3. The van der Waals surface area contributed by atoms with Gasteiger partial charge in [-0.15, -0.1) is 0 Å². The average molecular weight is 415 g/mol. The average Bonchev–Trinajstić information content (AvgIpc) is 2.72. The van der Waals surface area contributed by atoms with Crippen molar-refractivity contribution in [1.29, 1.82) is 0 Å². The molecular weight excluding hydrogens is 389 g/mol. The van der Waals surface area contributed by atoms with E-state index in [1.807, 2.05) is 13.8 Å². The van der Waals surface area contributed by atoms with E-state index in [-0.39, 0.29) is 17.8 Å². The van der Waals surface area contributed by atoms with Crippen LogP contribution in [0, 0.1) is 5.82 Å². The molecule has 0 saturated heterocycles. The molecule has 0 amide bonds. The summed E-state index contributed by atoms with van der Waals surface area (Å²) in [5.41, 5.74) is -1.22. The lowest BCUT2D eigenvalue weighted by Gasteiger charge is -2.23. The van der Waals surface area contributed by atoms with Gasteiger partial charge in [-0.05, 0) is 50.6 Å². The van der Waals surface area contributed by atoms with Crippen LogP contribution in [0.25, 0.3) is 11.0 Å². The van der Waals surface area contributed by atoms with Crippen molar-refractivity contribution in [3.05, 3.63) is 74.3 Å². The van der Waals surface area contributed by atoms with E-state index in [0.29, 0.717) is 10.9 Å². The van der Waals surface area contributed by atoms with E-state index in [1.54, 1.807) is 32.9 Å². The molecule has 2 heterocycles. The van der Waals surface area contributed by atoms with Crippen LogP contribution in [-0.2, 0) is 16.8 Å². The summed E-state index contributed by atoms with van der Waals surface area (Å²) < 4.78 is 21.0. The second-order valence-corrected chi connectivity index (χ2v) is 7.36. The highest BCUT2D eigenvalue weighted by atomic mass is 19.1. The number of aromatic nitrogens is 3. The largest absolute Gasteiger partial charge is 0.465 e. The maximum absolute atomic E-state index is 13.9. The first-order valence-electron chi connectivity index (χ1n) is 9.63. The number of carbonyl (C=O) groups is 1. The molecule has 0 aliphatic rings. The fourth-order valence-electron chi connectivity index (χ4n) is 3.05. The molecule has 0 bridgehead atoms. The molecule has 3 rings (SSSR count). The summed E-state index contributed by atoms with van der Waals surface area (Å²) in [6, 6.07) is 7.17. The molecule has 0 spiro atoms. The number of pyridine rings is 1. The van der Waals surface area contributed by atoms with Crippen LogP contribution in [0.3, 0.4) is 0 Å². The second-order valence-electron chi connectivity index (χ2n) is 7.36. The molecule has 7 nitrogen and oxygen atoms in total. The summed E-state index contributed by atoms with van der Waals surface area (Å²) in [5.74, 6) is -1.53. The minimum Gasteiger partial charge on any atom is -0.465 e. The molecule has 0 saturated carbocycles. The summed E-state index contributed by atoms with van der Waals surface area (Å²) in [6.07, 6.45) is 1.49. The lowest BCUT2D eigenvalue weighted by atomic mass is 10.1. The van der Waals surface area contributed by atoms with E-state index < -0.39 is 28.6 Å². The molecule has 30 heavy (non-hydrogen) atoms. The number of carbonyl (C=O) groups excluding carboxylic acids is 1. The molecule has 2 aromatic heterocycles. The Morgan fingerprint density at radius 1 is 1.17 bits per heavy atom. The molecule has 8 heteroatoms. The number of esters is 1. The third-order valence-electron chi connectivity index (χ3n) is 4.35. The van der Waals surface area contributed by atoms with Crippen molar-refractivity contribution in [3.8, 4) is 0 Å². The van der Waals surface area contributed by atoms with Crippen LogP contribution < -0.4 is 11.2 Å². The third-order valence-corrected chi connectivity index (χ3v) is 4.35. The quantitative estimate of drug-likeness (QED) is 0.613. The summed E-state index contributed by atoms with van der Waals surface area (Å²) in [4.78, 5) is 41.9. The number of fused-ring (bicyclic) bond motifs is 1. The number of methoxy groups -OCH3 is 1. The van der Waals surface area contributed by atoms with E-state index in [1.165, 1.54) is 27.5 Å². The molecule has 0 atom stereocenters. The van der Waals surface area contributed by atoms with Crippen LogP contribution in [0.15, 0.2) is 46.1 Å². The van der Waals surface area contributed by atoms with E-state index >= 15 is 0 Å². The second kappa shape index (κ2) is 9.02. The molecule has 1 aromatic carbocycles. The van der Waals surface area contributed by atoms with Crippen LogP contribution in [0.1, 0.15) is 50.5 Å². The zero-order valence-electron chi connectivity index (χ0n) is 18.0. The summed E-state index contributed by atoms with van der Waals surface area (Å²) >= 11 is 0. The van der Waals surface area contributed by atoms with Crippen LogP contribution in [-0.4, -0.2) is 27.2 Å². The molecule has 0 aliphatic heterocycles. The van der Waals surface area contributed by atoms with Gasteiger partial charge in [0.05, 0.1) is 24.6 Å². The van der Waals surface area contributed by atoms with Gasteiger partial charge in [0, 0.05) is 11.7 Å². The van der Waals surface area contributed by atoms with Crippen LogP contribution in [0.5, 0.6) is 0 Å². The minimum atomic E-state index is -0.811. The first kappa shape index (κ1) is 23.0. The van der Waals surface area contributed by atoms with Crippen LogP contribution >= 0.6 is 0 Å². The lowest BCUT2D eigenvalue weighted by Crippen LogP contribution is -2.48. The number of ether oxygens (including phenoxy) is 1. The first-order chi connectivity index (χ1) is 14.1. The smallest absolute Gasteiger partial charge is 0.340 e. The molecule has 3 aromatic rings. The number of halogens is 1. The number of hydrogen-bond donors (Lipinski definition) is 0. The highest BCUT2D eigenvalue weighted by Gasteiger charge is 2.23. The topological polar surface area (TPSA) is 83.2 Å². The van der Waals surface area contributed by atoms with Gasteiger partial charge in [-0.1, -0.05) is 19.9 Å². The summed E-state index contributed by atoms with van der Waals surface area (Å²) in [6.45, 7) is 9.29. The molecule has 0 radical (unpaired) electrons. The summed E-state index contributed by atoms with van der Waals surface area (Å²) in [5, 5.41) is 0.298. The van der Waals surface area contributed by atoms with E-state index in [9.17, 15) is 18.8 Å². The van der Waals surface area contributed by atoms with Gasteiger partial charge in [0.1, 0.15) is 11.5 Å². The van der Waals surface area contributed by atoms with Crippen molar-refractivity contribution in [2.24, 2.45) is 0 Å². The zero-order valence-corrected chi connectivity index (χ0v) is 18.0. The number of nitrogens with zero attached hydrogens (tertiary/aromatic N) is 3. The molecule has 0 fully saturated rings. The maximum atomic E-state index is 13.9. The van der Waals surface area contributed by atoms with Crippen molar-refractivity contribution in [1.82, 2.24) is 14.1 Å². The molecule has 0 aliphatic carbocycles. The minimum absolute atomic E-state index is 0.00693. The number of hydrogen-bond acceptors (Lipinski definition) is 5. The van der Waals surface area contributed by atoms with Gasteiger partial charge in [-0.25, -0.2) is 19.0 Å². The predicted molar refractivity (Wildman–Crippen MR) is 113 cm³/mol. The SMILES string of the molecule is CC.COC(=O)c1cc(Cn2c(=O)n(C(C)(C)C)c(=O)c3cccnc32)ccc1F. The van der Waals surface area contributed by atoms with Gasteiger partial charge >= 0.3 is 11.7 Å². The van der Waals surface area contributed by atoms with Crippen molar-refractivity contribution < 1.29 is 13.9 Å². The predicted octanol–water partition coefficient (Wildman–Crippen LogP) is 3.31. The number of benzene rings is 1. The Morgan fingerprint density at radius 2 is 1.83 bits per heavy atom. The van der Waals surface area contributed by atoms with Gasteiger partial charge < -0.3 is 4.74 Å². The van der Waals surface area contributed by atoms with Crippen molar-refractivity contribution in [3.63, 3.8) is 0 Å². The Labute approximate surface area is 173 Å². The maximum Gasteiger partial charge on any atom is 0.340 e. The van der Waals surface area contributed by atoms with E-state index in [4.69, 9.17) is 0 Å².